The number of aromatic nitrogens is 1. The van der Waals surface area contributed by atoms with Crippen LogP contribution in [-0.4, -0.2) is 18.2 Å². The zero-order chi connectivity index (χ0) is 12.9. The van der Waals surface area contributed by atoms with Crippen molar-refractivity contribution in [3.05, 3.63) is 30.1 Å². The summed E-state index contributed by atoms with van der Waals surface area (Å²) in [4.78, 5) is 4.44. The number of benzene rings is 1. The fourth-order valence-corrected chi connectivity index (χ4v) is 2.62. The van der Waals surface area contributed by atoms with E-state index in [1.165, 1.54) is 0 Å². The number of ether oxygens (including phenoxy) is 2. The summed E-state index contributed by atoms with van der Waals surface area (Å²) in [5, 5.41) is 11.4. The lowest BCUT2D eigenvalue weighted by Gasteiger charge is -2.20. The van der Waals surface area contributed by atoms with Crippen molar-refractivity contribution >= 4 is 10.8 Å². The number of hydrogen-bond acceptors (Lipinski definition) is 4. The normalized spacial score (nSPS) is 18.9. The maximum absolute atomic E-state index is 9.36. The van der Waals surface area contributed by atoms with Gasteiger partial charge in [-0.2, -0.15) is 5.26 Å². The molecule has 2 heterocycles. The largest absolute Gasteiger partial charge is 0.486 e. The van der Waals surface area contributed by atoms with Gasteiger partial charge in [-0.15, -0.1) is 0 Å². The van der Waals surface area contributed by atoms with Gasteiger partial charge in [0, 0.05) is 11.6 Å². The Morgan fingerprint density at radius 1 is 1.16 bits per heavy atom. The van der Waals surface area contributed by atoms with Crippen molar-refractivity contribution in [3.8, 4) is 17.6 Å². The van der Waals surface area contributed by atoms with Gasteiger partial charge in [0.2, 0.25) is 0 Å². The van der Waals surface area contributed by atoms with E-state index >= 15 is 0 Å². The second-order valence-corrected chi connectivity index (χ2v) is 5.07. The molecule has 1 aromatic carbocycles. The van der Waals surface area contributed by atoms with E-state index in [0.717, 1.165) is 40.8 Å². The molecule has 0 atom stereocenters. The molecule has 4 nitrogen and oxygen atoms in total. The first-order chi connectivity index (χ1) is 9.32. The van der Waals surface area contributed by atoms with Crippen molar-refractivity contribution in [1.82, 2.24) is 4.98 Å². The molecule has 94 valence electrons. The van der Waals surface area contributed by atoms with Gasteiger partial charge in [-0.05, 0) is 36.4 Å². The molecule has 0 bridgehead atoms. The average Bonchev–Trinajstić information content (AvgIpc) is 3.25. The molecule has 0 spiro atoms. The highest BCUT2D eigenvalue weighted by Gasteiger charge is 2.47. The second-order valence-electron chi connectivity index (χ2n) is 5.07. The summed E-state index contributed by atoms with van der Waals surface area (Å²) >= 11 is 0. The Balaban J connectivity index is 1.98. The number of hydrogen-bond donors (Lipinski definition) is 0. The molecule has 0 radical (unpaired) electrons. The van der Waals surface area contributed by atoms with Gasteiger partial charge in [0.05, 0.1) is 11.8 Å². The summed E-state index contributed by atoms with van der Waals surface area (Å²) in [6.07, 6.45) is 3.55. The Hall–Kier alpha value is -2.28. The average molecular weight is 252 g/mol. The lowest BCUT2D eigenvalue weighted by atomic mass is 9.97. The first-order valence-electron chi connectivity index (χ1n) is 6.42. The Kier molecular flexibility index (Phi) is 2.02. The number of pyridine rings is 1. The van der Waals surface area contributed by atoms with Crippen LogP contribution in [0.2, 0.25) is 0 Å². The molecule has 1 saturated carbocycles. The van der Waals surface area contributed by atoms with Gasteiger partial charge in [0.25, 0.3) is 0 Å². The van der Waals surface area contributed by atoms with Crippen LogP contribution in [0.1, 0.15) is 18.5 Å². The third kappa shape index (κ3) is 1.48. The molecule has 0 unspecified atom stereocenters. The molecule has 1 aliphatic heterocycles. The Labute approximate surface area is 110 Å². The lowest BCUT2D eigenvalue weighted by Crippen LogP contribution is -2.15. The van der Waals surface area contributed by atoms with Gasteiger partial charge in [-0.1, -0.05) is 0 Å². The van der Waals surface area contributed by atoms with Gasteiger partial charge in [0.1, 0.15) is 18.6 Å². The first kappa shape index (κ1) is 10.6. The number of fused-ring (bicyclic) bond motifs is 2. The molecule has 1 aliphatic carbocycles. The molecule has 1 aromatic heterocycles. The van der Waals surface area contributed by atoms with Gasteiger partial charge >= 0.3 is 0 Å². The number of rotatable bonds is 1. The van der Waals surface area contributed by atoms with E-state index in [4.69, 9.17) is 9.47 Å². The van der Waals surface area contributed by atoms with Gasteiger partial charge in [0.15, 0.2) is 11.5 Å². The zero-order valence-corrected chi connectivity index (χ0v) is 10.3. The second kappa shape index (κ2) is 3.61. The fourth-order valence-electron chi connectivity index (χ4n) is 2.62. The first-order valence-corrected chi connectivity index (χ1v) is 6.42. The molecular formula is C15H12N2O2. The van der Waals surface area contributed by atoms with Crippen LogP contribution in [0, 0.1) is 11.3 Å². The molecule has 0 N–H and O–H groups in total. The van der Waals surface area contributed by atoms with Crippen LogP contribution in [0.5, 0.6) is 11.5 Å². The van der Waals surface area contributed by atoms with Crippen LogP contribution in [-0.2, 0) is 5.41 Å². The highest BCUT2D eigenvalue weighted by molar-refractivity contribution is 5.89. The maximum atomic E-state index is 9.36. The van der Waals surface area contributed by atoms with Crippen LogP contribution in [0.15, 0.2) is 24.4 Å². The van der Waals surface area contributed by atoms with Gasteiger partial charge in [-0.3, -0.25) is 4.98 Å². The van der Waals surface area contributed by atoms with E-state index in [0.29, 0.717) is 13.2 Å². The standard InChI is InChI=1S/C15H12N2O2/c16-9-15(2-3-15)14-11-8-13-12(18-5-6-19-13)7-10(11)1-4-17-14/h1,4,7-8H,2-3,5-6H2. The SMILES string of the molecule is N#CC1(c2nccc3cc4c(cc23)OCCO4)CC1. The van der Waals surface area contributed by atoms with Crippen molar-refractivity contribution in [2.24, 2.45) is 0 Å². The van der Waals surface area contributed by atoms with E-state index < -0.39 is 0 Å². The van der Waals surface area contributed by atoms with Crippen LogP contribution in [0.4, 0.5) is 0 Å². The summed E-state index contributed by atoms with van der Waals surface area (Å²) in [5.41, 5.74) is 0.493. The van der Waals surface area contributed by atoms with Crippen LogP contribution >= 0.6 is 0 Å². The van der Waals surface area contributed by atoms with Crippen molar-refractivity contribution in [2.45, 2.75) is 18.3 Å². The minimum Gasteiger partial charge on any atom is -0.486 e. The maximum Gasteiger partial charge on any atom is 0.162 e. The molecular weight excluding hydrogens is 240 g/mol. The monoisotopic (exact) mass is 252 g/mol. The van der Waals surface area contributed by atoms with E-state index in [9.17, 15) is 5.26 Å². The summed E-state index contributed by atoms with van der Waals surface area (Å²) < 4.78 is 11.2. The molecule has 2 aliphatic rings. The van der Waals surface area contributed by atoms with Crippen LogP contribution < -0.4 is 9.47 Å². The van der Waals surface area contributed by atoms with Crippen LogP contribution in [0.3, 0.4) is 0 Å². The van der Waals surface area contributed by atoms with Crippen molar-refractivity contribution in [3.63, 3.8) is 0 Å². The van der Waals surface area contributed by atoms with E-state index in [1.54, 1.807) is 6.20 Å². The predicted octanol–water partition coefficient (Wildman–Crippen LogP) is 2.56. The van der Waals surface area contributed by atoms with E-state index in [1.807, 2.05) is 18.2 Å². The predicted molar refractivity (Wildman–Crippen MR) is 69.3 cm³/mol. The zero-order valence-electron chi connectivity index (χ0n) is 10.3. The van der Waals surface area contributed by atoms with Crippen molar-refractivity contribution in [1.29, 1.82) is 5.26 Å². The molecule has 4 rings (SSSR count). The third-order valence-electron chi connectivity index (χ3n) is 3.84. The van der Waals surface area contributed by atoms with Gasteiger partial charge < -0.3 is 9.47 Å². The quantitative estimate of drug-likeness (QED) is 0.782. The fraction of sp³-hybridized carbons (Fsp3) is 0.333. The Bertz CT molecular complexity index is 714. The number of nitrogens with zero attached hydrogens (tertiary/aromatic N) is 2. The Morgan fingerprint density at radius 2 is 1.89 bits per heavy atom. The highest BCUT2D eigenvalue weighted by Crippen LogP contribution is 2.49. The Morgan fingerprint density at radius 3 is 2.58 bits per heavy atom. The molecule has 2 aromatic rings. The minimum absolute atomic E-state index is 0.386. The summed E-state index contributed by atoms with van der Waals surface area (Å²) in [7, 11) is 0. The van der Waals surface area contributed by atoms with Crippen molar-refractivity contribution < 1.29 is 9.47 Å². The molecule has 4 heteroatoms. The lowest BCUT2D eigenvalue weighted by molar-refractivity contribution is 0.172. The topological polar surface area (TPSA) is 55.1 Å². The summed E-state index contributed by atoms with van der Waals surface area (Å²) in [6.45, 7) is 1.15. The number of nitriles is 1. The van der Waals surface area contributed by atoms with Crippen LogP contribution in [0.25, 0.3) is 10.8 Å². The van der Waals surface area contributed by atoms with Gasteiger partial charge in [-0.25, -0.2) is 0 Å². The molecule has 0 amide bonds. The third-order valence-corrected chi connectivity index (χ3v) is 3.84. The molecule has 19 heavy (non-hydrogen) atoms. The minimum atomic E-state index is -0.386. The van der Waals surface area contributed by atoms with Crippen molar-refractivity contribution in [2.75, 3.05) is 13.2 Å². The molecule has 0 saturated heterocycles. The summed E-state index contributed by atoms with van der Waals surface area (Å²) in [5.74, 6) is 1.53. The van der Waals surface area contributed by atoms with E-state index in [-0.39, 0.29) is 5.41 Å². The summed E-state index contributed by atoms with van der Waals surface area (Å²) in [6, 6.07) is 8.29. The molecule has 1 fully saturated rings. The van der Waals surface area contributed by atoms with E-state index in [2.05, 4.69) is 11.1 Å². The smallest absolute Gasteiger partial charge is 0.162 e. The highest BCUT2D eigenvalue weighted by atomic mass is 16.6.